The summed E-state index contributed by atoms with van der Waals surface area (Å²) in [7, 11) is 5.87. The molecule has 49 heavy (non-hydrogen) atoms. The first kappa shape index (κ1) is 41.5. The first-order chi connectivity index (χ1) is 22.6. The smallest absolute Gasteiger partial charge is 0.409 e. The number of amides is 3. The fraction of sp³-hybridized carbons (Fsp3) is 0.600. The summed E-state index contributed by atoms with van der Waals surface area (Å²) in [4.78, 5) is 52.7. The third-order valence-corrected chi connectivity index (χ3v) is 8.95. The number of aliphatic hydroxyl groups is 2. The van der Waals surface area contributed by atoms with Crippen LogP contribution in [0.15, 0.2) is 35.9 Å². The van der Waals surface area contributed by atoms with Gasteiger partial charge in [0, 0.05) is 34.5 Å². The molecule has 1 aromatic rings. The minimum absolute atomic E-state index is 0.00648. The summed E-state index contributed by atoms with van der Waals surface area (Å²) in [6, 6.07) is 2.56. The molecule has 0 spiro atoms. The first-order valence-electron chi connectivity index (χ1n) is 16.0. The van der Waals surface area contributed by atoms with Gasteiger partial charge in [0.15, 0.2) is 5.72 Å². The second kappa shape index (κ2) is 17.3. The number of benzene rings is 1. The van der Waals surface area contributed by atoms with Crippen molar-refractivity contribution >= 4 is 41.2 Å². The molecule has 3 N–H and O–H groups in total. The molecular formula is C35H52ClN3O10. The number of methoxy groups -OCH3 is 2. The molecule has 0 saturated carbocycles. The van der Waals surface area contributed by atoms with Gasteiger partial charge in [0.25, 0.3) is 0 Å². The number of nitrogens with zero attached hydrogens (tertiary/aromatic N) is 2. The van der Waals surface area contributed by atoms with Gasteiger partial charge in [-0.25, -0.2) is 9.59 Å². The van der Waals surface area contributed by atoms with Crippen LogP contribution in [0.4, 0.5) is 10.5 Å². The summed E-state index contributed by atoms with van der Waals surface area (Å²) in [6.07, 6.45) is 2.16. The highest BCUT2D eigenvalue weighted by molar-refractivity contribution is 6.35. The van der Waals surface area contributed by atoms with Gasteiger partial charge in [0.1, 0.15) is 35.1 Å². The average molecular weight is 710 g/mol. The van der Waals surface area contributed by atoms with E-state index in [4.69, 9.17) is 30.5 Å². The maximum Gasteiger partial charge on any atom is 0.409 e. The zero-order valence-corrected chi connectivity index (χ0v) is 31.1. The lowest BCUT2D eigenvalue weighted by Crippen LogP contribution is -2.63. The first-order valence-corrected chi connectivity index (χ1v) is 16.4. The lowest BCUT2D eigenvalue weighted by atomic mass is 9.91. The Labute approximate surface area is 294 Å². The Morgan fingerprint density at radius 2 is 1.82 bits per heavy atom. The molecule has 5 unspecified atom stereocenters. The van der Waals surface area contributed by atoms with Crippen molar-refractivity contribution in [1.29, 1.82) is 0 Å². The van der Waals surface area contributed by atoms with E-state index in [-0.39, 0.29) is 29.7 Å². The third-order valence-electron chi connectivity index (χ3n) is 8.57. The number of esters is 1. The van der Waals surface area contributed by atoms with E-state index < -0.39 is 53.6 Å². The van der Waals surface area contributed by atoms with E-state index in [0.29, 0.717) is 17.9 Å². The number of allylic oxidation sites excluding steroid dienone is 3. The Bertz CT molecular complexity index is 1420. The number of hydrogen-bond acceptors (Lipinski definition) is 10. The maximum absolute atomic E-state index is 13.5. The van der Waals surface area contributed by atoms with Crippen LogP contribution in [-0.4, -0.2) is 103 Å². The predicted molar refractivity (Wildman–Crippen MR) is 185 cm³/mol. The second-order valence-electron chi connectivity index (χ2n) is 13.3. The number of alkyl carbamates (subject to hydrolysis) is 1. The van der Waals surface area contributed by atoms with E-state index in [9.17, 15) is 29.4 Å². The highest BCUT2D eigenvalue weighted by Crippen LogP contribution is 2.37. The van der Waals surface area contributed by atoms with Crippen LogP contribution in [0, 0.1) is 5.92 Å². The lowest BCUT2D eigenvalue weighted by Gasteiger charge is -2.41. The fourth-order valence-corrected chi connectivity index (χ4v) is 5.42. The molecule has 1 saturated heterocycles. The number of cyclic esters (lactones) is 1. The van der Waals surface area contributed by atoms with Crippen LogP contribution < -0.4 is 15.0 Å². The van der Waals surface area contributed by atoms with Gasteiger partial charge >= 0.3 is 12.1 Å². The van der Waals surface area contributed by atoms with E-state index in [0.717, 1.165) is 11.1 Å². The largest absolute Gasteiger partial charge is 0.495 e. The Kier molecular flexibility index (Phi) is 14.7. The summed E-state index contributed by atoms with van der Waals surface area (Å²) in [5.41, 5.74) is -1.23. The van der Waals surface area contributed by atoms with Gasteiger partial charge in [-0.05, 0) is 57.7 Å². The highest BCUT2D eigenvalue weighted by atomic mass is 35.5. The van der Waals surface area contributed by atoms with E-state index >= 15 is 0 Å². The van der Waals surface area contributed by atoms with Gasteiger partial charge in [0.2, 0.25) is 11.8 Å². The predicted octanol–water partition coefficient (Wildman–Crippen LogP) is 4.15. The number of ether oxygens (including phenoxy) is 4. The number of carbonyl (C=O) groups is 4. The zero-order valence-electron chi connectivity index (χ0n) is 30.3. The zero-order chi connectivity index (χ0) is 37.4. The van der Waals surface area contributed by atoms with Gasteiger partial charge in [0.05, 0.1) is 24.8 Å². The molecule has 0 aromatic heterocycles. The SMILES string of the molecule is COc1cc(C/C(C)=C/C=C/C(OC)C2(O)CC(C(C)C)OC(=O)N2)cc(N(C)C(=O)CC(OC(=O)C(C)N(C)C(C)=O)C(C)(C)O)c1Cl. The molecule has 2 rings (SSSR count). The highest BCUT2D eigenvalue weighted by Gasteiger charge is 2.45. The minimum atomic E-state index is -1.65. The summed E-state index contributed by atoms with van der Waals surface area (Å²) in [5, 5.41) is 24.6. The lowest BCUT2D eigenvalue weighted by molar-refractivity contribution is -0.170. The van der Waals surface area contributed by atoms with Crippen molar-refractivity contribution in [2.75, 3.05) is 33.2 Å². The molecule has 1 aliphatic heterocycles. The summed E-state index contributed by atoms with van der Waals surface area (Å²) < 4.78 is 21.8. The molecular weight excluding hydrogens is 658 g/mol. The van der Waals surface area contributed by atoms with Crippen LogP contribution in [0.25, 0.3) is 0 Å². The summed E-state index contributed by atoms with van der Waals surface area (Å²) >= 11 is 6.64. The van der Waals surface area contributed by atoms with Gasteiger partial charge < -0.3 is 39.0 Å². The molecule has 14 heteroatoms. The van der Waals surface area contributed by atoms with Crippen molar-refractivity contribution in [2.45, 2.75) is 103 Å². The Balaban J connectivity index is 2.27. The Morgan fingerprint density at radius 3 is 2.35 bits per heavy atom. The number of carbonyl (C=O) groups excluding carboxylic acids is 4. The molecule has 1 aromatic carbocycles. The molecule has 5 atom stereocenters. The van der Waals surface area contributed by atoms with Crippen molar-refractivity contribution in [3.63, 3.8) is 0 Å². The van der Waals surface area contributed by atoms with E-state index in [1.54, 1.807) is 24.3 Å². The average Bonchev–Trinajstić information content (AvgIpc) is 3.01. The number of halogens is 1. The Morgan fingerprint density at radius 1 is 1.18 bits per heavy atom. The van der Waals surface area contributed by atoms with Crippen LogP contribution in [-0.2, 0) is 35.0 Å². The molecule has 0 radical (unpaired) electrons. The maximum atomic E-state index is 13.5. The standard InChI is InChI=1S/C35H52ClN3O10/c1-20(2)27-19-35(45,37-33(43)48-27)28(47-11)14-12-13-21(3)15-24-16-25(31(36)26(17-24)46-10)39(9)30(41)18-29(34(6,7)44)49-32(42)22(4)38(8)23(5)40/h12-14,16-17,20,22,27-29,44-45H,15,18-19H2,1-11H3,(H,37,43)/b14-12+,21-13+. The molecule has 3 amide bonds. The number of anilines is 1. The van der Waals surface area contributed by atoms with E-state index in [2.05, 4.69) is 5.32 Å². The molecule has 13 nitrogen and oxygen atoms in total. The molecule has 1 heterocycles. The van der Waals surface area contributed by atoms with Crippen LogP contribution >= 0.6 is 11.6 Å². The number of nitrogens with one attached hydrogen (secondary N) is 1. The topological polar surface area (TPSA) is 164 Å². The molecule has 274 valence electrons. The summed E-state index contributed by atoms with van der Waals surface area (Å²) in [5.74, 6) is -1.26. The van der Waals surface area contributed by atoms with Gasteiger partial charge in [-0.2, -0.15) is 0 Å². The van der Waals surface area contributed by atoms with Crippen LogP contribution in [0.3, 0.4) is 0 Å². The number of hydrogen-bond donors (Lipinski definition) is 3. The van der Waals surface area contributed by atoms with Gasteiger partial charge in [-0.1, -0.05) is 49.2 Å². The molecule has 0 aliphatic carbocycles. The van der Waals surface area contributed by atoms with E-state index in [1.165, 1.54) is 65.8 Å². The van der Waals surface area contributed by atoms with E-state index in [1.807, 2.05) is 26.8 Å². The van der Waals surface area contributed by atoms with Crippen molar-refractivity contribution in [2.24, 2.45) is 5.92 Å². The third kappa shape index (κ3) is 11.2. The quantitative estimate of drug-likeness (QED) is 0.178. The van der Waals surface area contributed by atoms with Crippen molar-refractivity contribution in [1.82, 2.24) is 10.2 Å². The van der Waals surface area contributed by atoms with Gasteiger partial charge in [-0.3, -0.25) is 14.9 Å². The molecule has 1 aliphatic rings. The van der Waals surface area contributed by atoms with Gasteiger partial charge in [-0.15, -0.1) is 0 Å². The Hall–Kier alpha value is -3.65. The van der Waals surface area contributed by atoms with Crippen LogP contribution in [0.5, 0.6) is 5.75 Å². The van der Waals surface area contributed by atoms with Crippen LogP contribution in [0.1, 0.15) is 66.9 Å². The molecule has 0 bridgehead atoms. The molecule has 1 fully saturated rings. The number of likely N-dealkylation sites (N-methyl/N-ethyl adjacent to an activating group) is 1. The fourth-order valence-electron chi connectivity index (χ4n) is 5.10. The van der Waals surface area contributed by atoms with Crippen LogP contribution in [0.2, 0.25) is 5.02 Å². The van der Waals surface area contributed by atoms with Crippen molar-refractivity contribution in [3.8, 4) is 5.75 Å². The number of rotatable bonds is 15. The van der Waals surface area contributed by atoms with Crippen molar-refractivity contribution in [3.05, 3.63) is 46.5 Å². The monoisotopic (exact) mass is 709 g/mol. The normalized spacial score (nSPS) is 20.3. The summed E-state index contributed by atoms with van der Waals surface area (Å²) in [6.45, 7) is 11.4. The second-order valence-corrected chi connectivity index (χ2v) is 13.7. The minimum Gasteiger partial charge on any atom is -0.495 e. The van der Waals surface area contributed by atoms with Crippen molar-refractivity contribution < 1.29 is 48.3 Å².